The molecule has 0 radical (unpaired) electrons. The fourth-order valence-corrected chi connectivity index (χ4v) is 2.98. The van der Waals surface area contributed by atoms with Gasteiger partial charge < -0.3 is 15.0 Å². The molecule has 2 aliphatic heterocycles. The number of piperidine rings is 1. The molecule has 0 saturated carbocycles. The summed E-state index contributed by atoms with van der Waals surface area (Å²) in [5, 5.41) is 3.69. The van der Waals surface area contributed by atoms with Crippen LogP contribution < -0.4 is 5.32 Å². The Kier molecular flexibility index (Phi) is 4.62. The fourth-order valence-electron chi connectivity index (χ4n) is 2.98. The number of ether oxygens (including phenoxy) is 1. The molecule has 0 aliphatic carbocycles. The van der Waals surface area contributed by atoms with Crippen molar-refractivity contribution in [3.05, 3.63) is 0 Å². The van der Waals surface area contributed by atoms with Crippen molar-refractivity contribution in [1.29, 1.82) is 0 Å². The van der Waals surface area contributed by atoms with Gasteiger partial charge in [-0.2, -0.15) is 0 Å². The van der Waals surface area contributed by atoms with Crippen LogP contribution in [0.15, 0.2) is 0 Å². The maximum atomic E-state index is 5.64. The Morgan fingerprint density at radius 1 is 1.38 bits per heavy atom. The van der Waals surface area contributed by atoms with Gasteiger partial charge in [0, 0.05) is 25.2 Å². The van der Waals surface area contributed by atoms with E-state index in [9.17, 15) is 0 Å². The second-order valence-electron chi connectivity index (χ2n) is 5.24. The largest absolute Gasteiger partial charge is 0.377 e. The highest BCUT2D eigenvalue weighted by atomic mass is 16.5. The van der Waals surface area contributed by atoms with Crippen molar-refractivity contribution in [3.8, 4) is 0 Å². The van der Waals surface area contributed by atoms with Crippen LogP contribution in [0, 0.1) is 0 Å². The summed E-state index contributed by atoms with van der Waals surface area (Å²) < 4.78 is 5.64. The summed E-state index contributed by atoms with van der Waals surface area (Å²) in [7, 11) is 0. The number of nitrogens with zero attached hydrogens (tertiary/aromatic N) is 1. The van der Waals surface area contributed by atoms with Gasteiger partial charge in [-0.05, 0) is 45.7 Å². The molecule has 2 aliphatic rings. The topological polar surface area (TPSA) is 24.5 Å². The van der Waals surface area contributed by atoms with E-state index in [0.29, 0.717) is 12.1 Å². The molecule has 2 heterocycles. The van der Waals surface area contributed by atoms with Gasteiger partial charge in [0.15, 0.2) is 0 Å². The van der Waals surface area contributed by atoms with Crippen LogP contribution in [0.4, 0.5) is 0 Å². The summed E-state index contributed by atoms with van der Waals surface area (Å²) in [5.41, 5.74) is 0. The van der Waals surface area contributed by atoms with Crippen molar-refractivity contribution < 1.29 is 4.74 Å². The molecule has 3 nitrogen and oxygen atoms in total. The molecule has 3 unspecified atom stereocenters. The highest BCUT2D eigenvalue weighted by Gasteiger charge is 2.25. The average Bonchev–Trinajstić information content (AvgIpc) is 2.79. The molecular weight excluding hydrogens is 200 g/mol. The minimum absolute atomic E-state index is 0.486. The smallest absolute Gasteiger partial charge is 0.0700 e. The first-order valence-electron chi connectivity index (χ1n) is 6.88. The standard InChI is InChI=1S/C13H26N2O/c1-3-15-7-6-12(9-11(15)2)14-10-13-5-4-8-16-13/h11-14H,3-10H2,1-2H3. The molecule has 0 bridgehead atoms. The molecule has 0 spiro atoms. The zero-order valence-electron chi connectivity index (χ0n) is 10.7. The van der Waals surface area contributed by atoms with Gasteiger partial charge in [0.2, 0.25) is 0 Å². The number of rotatable bonds is 4. The fraction of sp³-hybridized carbons (Fsp3) is 1.00. The van der Waals surface area contributed by atoms with Crippen molar-refractivity contribution in [1.82, 2.24) is 10.2 Å². The van der Waals surface area contributed by atoms with Crippen molar-refractivity contribution in [2.24, 2.45) is 0 Å². The van der Waals surface area contributed by atoms with Crippen LogP contribution in [-0.4, -0.2) is 49.3 Å². The minimum atomic E-state index is 0.486. The lowest BCUT2D eigenvalue weighted by Gasteiger charge is -2.37. The van der Waals surface area contributed by atoms with Crippen molar-refractivity contribution in [2.75, 3.05) is 26.2 Å². The summed E-state index contributed by atoms with van der Waals surface area (Å²) in [5.74, 6) is 0. The lowest BCUT2D eigenvalue weighted by Crippen LogP contribution is -2.48. The molecule has 0 aromatic heterocycles. The van der Waals surface area contributed by atoms with E-state index in [1.165, 1.54) is 38.8 Å². The lowest BCUT2D eigenvalue weighted by molar-refractivity contribution is 0.0957. The second-order valence-corrected chi connectivity index (χ2v) is 5.24. The predicted octanol–water partition coefficient (Wildman–Crippen LogP) is 1.63. The Labute approximate surface area is 99.5 Å². The molecule has 3 heteroatoms. The number of hydrogen-bond donors (Lipinski definition) is 1. The Morgan fingerprint density at radius 2 is 2.25 bits per heavy atom. The van der Waals surface area contributed by atoms with Gasteiger partial charge in [0.05, 0.1) is 6.10 Å². The third-order valence-corrected chi connectivity index (χ3v) is 4.08. The van der Waals surface area contributed by atoms with Gasteiger partial charge in [0.1, 0.15) is 0 Å². The first kappa shape index (κ1) is 12.3. The third-order valence-electron chi connectivity index (χ3n) is 4.08. The van der Waals surface area contributed by atoms with E-state index in [1.807, 2.05) is 0 Å². The molecular formula is C13H26N2O. The molecule has 2 fully saturated rings. The summed E-state index contributed by atoms with van der Waals surface area (Å²) in [6.07, 6.45) is 5.57. The van der Waals surface area contributed by atoms with E-state index < -0.39 is 0 Å². The minimum Gasteiger partial charge on any atom is -0.377 e. The lowest BCUT2D eigenvalue weighted by atomic mass is 9.98. The zero-order valence-corrected chi connectivity index (χ0v) is 10.7. The Hall–Kier alpha value is -0.120. The van der Waals surface area contributed by atoms with Gasteiger partial charge >= 0.3 is 0 Å². The summed E-state index contributed by atoms with van der Waals surface area (Å²) in [6.45, 7) is 9.08. The predicted molar refractivity (Wildman–Crippen MR) is 66.7 cm³/mol. The Balaban J connectivity index is 1.67. The van der Waals surface area contributed by atoms with Gasteiger partial charge in [-0.25, -0.2) is 0 Å². The van der Waals surface area contributed by atoms with Crippen LogP contribution in [0.1, 0.15) is 39.5 Å². The zero-order chi connectivity index (χ0) is 11.4. The Morgan fingerprint density at radius 3 is 2.88 bits per heavy atom. The summed E-state index contributed by atoms with van der Waals surface area (Å²) in [6, 6.07) is 1.45. The SMILES string of the molecule is CCN1CCC(NCC2CCCO2)CC1C. The van der Waals surface area contributed by atoms with Crippen molar-refractivity contribution in [3.63, 3.8) is 0 Å². The molecule has 2 saturated heterocycles. The van der Waals surface area contributed by atoms with E-state index in [0.717, 1.165) is 19.2 Å². The molecule has 16 heavy (non-hydrogen) atoms. The van der Waals surface area contributed by atoms with Crippen LogP contribution >= 0.6 is 0 Å². The average molecular weight is 226 g/mol. The van der Waals surface area contributed by atoms with Crippen LogP contribution in [0.25, 0.3) is 0 Å². The normalized spacial score (nSPS) is 36.8. The number of nitrogens with one attached hydrogen (secondary N) is 1. The Bertz CT molecular complexity index is 204. The summed E-state index contributed by atoms with van der Waals surface area (Å²) in [4.78, 5) is 2.57. The molecule has 0 amide bonds. The van der Waals surface area contributed by atoms with Gasteiger partial charge in [-0.1, -0.05) is 6.92 Å². The van der Waals surface area contributed by atoms with Crippen LogP contribution in [-0.2, 0) is 4.74 Å². The summed E-state index contributed by atoms with van der Waals surface area (Å²) >= 11 is 0. The van der Waals surface area contributed by atoms with Crippen molar-refractivity contribution >= 4 is 0 Å². The first-order valence-corrected chi connectivity index (χ1v) is 6.88. The highest BCUT2D eigenvalue weighted by Crippen LogP contribution is 2.17. The van der Waals surface area contributed by atoms with Gasteiger partial charge in [-0.15, -0.1) is 0 Å². The number of hydrogen-bond acceptors (Lipinski definition) is 3. The molecule has 2 rings (SSSR count). The molecule has 0 aromatic carbocycles. The highest BCUT2D eigenvalue weighted by molar-refractivity contribution is 4.83. The second kappa shape index (κ2) is 5.99. The van der Waals surface area contributed by atoms with E-state index in [1.54, 1.807) is 0 Å². The molecule has 0 aromatic rings. The van der Waals surface area contributed by atoms with Gasteiger partial charge in [-0.3, -0.25) is 0 Å². The van der Waals surface area contributed by atoms with E-state index >= 15 is 0 Å². The van der Waals surface area contributed by atoms with Gasteiger partial charge in [0.25, 0.3) is 0 Å². The van der Waals surface area contributed by atoms with Crippen molar-refractivity contribution in [2.45, 2.75) is 57.7 Å². The maximum absolute atomic E-state index is 5.64. The maximum Gasteiger partial charge on any atom is 0.0700 e. The third kappa shape index (κ3) is 3.19. The quantitative estimate of drug-likeness (QED) is 0.788. The monoisotopic (exact) mass is 226 g/mol. The van der Waals surface area contributed by atoms with Crippen LogP contribution in [0.5, 0.6) is 0 Å². The van der Waals surface area contributed by atoms with Crippen LogP contribution in [0.3, 0.4) is 0 Å². The molecule has 3 atom stereocenters. The molecule has 94 valence electrons. The van der Waals surface area contributed by atoms with E-state index in [-0.39, 0.29) is 0 Å². The van der Waals surface area contributed by atoms with Crippen LogP contribution in [0.2, 0.25) is 0 Å². The van der Waals surface area contributed by atoms with E-state index in [2.05, 4.69) is 24.1 Å². The first-order chi connectivity index (χ1) is 7.79. The number of likely N-dealkylation sites (tertiary alicyclic amines) is 1. The molecule has 1 N–H and O–H groups in total. The van der Waals surface area contributed by atoms with E-state index in [4.69, 9.17) is 4.74 Å².